The van der Waals surface area contributed by atoms with Crippen LogP contribution in [0.4, 0.5) is 0 Å². The summed E-state index contributed by atoms with van der Waals surface area (Å²) in [5.74, 6) is 1.79. The van der Waals surface area contributed by atoms with Crippen LogP contribution in [0.3, 0.4) is 0 Å². The third kappa shape index (κ3) is 1.70. The molecule has 1 unspecified atom stereocenters. The van der Waals surface area contributed by atoms with Crippen molar-refractivity contribution >= 4 is 15.9 Å². The summed E-state index contributed by atoms with van der Waals surface area (Å²) in [6, 6.07) is 4.41. The molecule has 0 aromatic heterocycles. The van der Waals surface area contributed by atoms with Gasteiger partial charge in [0.1, 0.15) is 13.2 Å². The summed E-state index contributed by atoms with van der Waals surface area (Å²) in [5.41, 5.74) is 1.22. The molecule has 3 rings (SSSR count). The van der Waals surface area contributed by atoms with E-state index in [9.17, 15) is 0 Å². The van der Waals surface area contributed by atoms with Crippen LogP contribution in [0.5, 0.6) is 11.5 Å². The molecule has 0 amide bonds. The molecule has 0 saturated carbocycles. The summed E-state index contributed by atoms with van der Waals surface area (Å²) in [4.78, 5) is 0. The maximum atomic E-state index is 5.75. The standard InChI is InChI=1S/C12H14BrNO2/c13-8-3-4-10-12(16-7-6-15-10)11(8)9-2-1-5-14-9/h3-4,9,14H,1-2,5-7H2. The number of hydrogen-bond acceptors (Lipinski definition) is 3. The van der Waals surface area contributed by atoms with Gasteiger partial charge in [-0.05, 0) is 31.5 Å². The van der Waals surface area contributed by atoms with Crippen LogP contribution in [0.1, 0.15) is 24.4 Å². The minimum Gasteiger partial charge on any atom is -0.486 e. The van der Waals surface area contributed by atoms with E-state index in [1.54, 1.807) is 0 Å². The molecule has 0 bridgehead atoms. The van der Waals surface area contributed by atoms with E-state index in [-0.39, 0.29) is 0 Å². The van der Waals surface area contributed by atoms with Crippen molar-refractivity contribution in [2.24, 2.45) is 0 Å². The predicted molar refractivity (Wildman–Crippen MR) is 65.1 cm³/mol. The molecule has 3 nitrogen and oxygen atoms in total. The first-order valence-corrected chi connectivity index (χ1v) is 6.47. The fourth-order valence-corrected chi connectivity index (χ4v) is 2.96. The first kappa shape index (κ1) is 10.4. The van der Waals surface area contributed by atoms with Crippen LogP contribution >= 0.6 is 15.9 Å². The van der Waals surface area contributed by atoms with Crippen molar-refractivity contribution in [3.05, 3.63) is 22.2 Å². The van der Waals surface area contributed by atoms with Crippen LogP contribution in [0, 0.1) is 0 Å². The highest BCUT2D eigenvalue weighted by atomic mass is 79.9. The van der Waals surface area contributed by atoms with Crippen molar-refractivity contribution in [2.45, 2.75) is 18.9 Å². The molecule has 1 fully saturated rings. The van der Waals surface area contributed by atoms with Gasteiger partial charge < -0.3 is 14.8 Å². The maximum absolute atomic E-state index is 5.75. The van der Waals surface area contributed by atoms with Gasteiger partial charge in [-0.2, -0.15) is 0 Å². The quantitative estimate of drug-likeness (QED) is 0.860. The maximum Gasteiger partial charge on any atom is 0.167 e. The zero-order valence-electron chi connectivity index (χ0n) is 8.96. The lowest BCUT2D eigenvalue weighted by atomic mass is 10.0. The van der Waals surface area contributed by atoms with Crippen molar-refractivity contribution in [3.8, 4) is 11.5 Å². The Hall–Kier alpha value is -0.740. The molecule has 1 aromatic rings. The molecule has 0 radical (unpaired) electrons. The highest BCUT2D eigenvalue weighted by molar-refractivity contribution is 9.10. The van der Waals surface area contributed by atoms with E-state index < -0.39 is 0 Å². The topological polar surface area (TPSA) is 30.5 Å². The molecule has 86 valence electrons. The molecular formula is C12H14BrNO2. The Morgan fingerprint density at radius 2 is 2.12 bits per heavy atom. The summed E-state index contributed by atoms with van der Waals surface area (Å²) >= 11 is 3.61. The normalized spacial score (nSPS) is 23.4. The largest absolute Gasteiger partial charge is 0.486 e. The summed E-state index contributed by atoms with van der Waals surface area (Å²) in [7, 11) is 0. The van der Waals surface area contributed by atoms with Gasteiger partial charge in [-0.3, -0.25) is 0 Å². The Kier molecular flexibility index (Phi) is 2.77. The second kappa shape index (κ2) is 4.26. The number of rotatable bonds is 1. The van der Waals surface area contributed by atoms with Crippen LogP contribution in [0.15, 0.2) is 16.6 Å². The number of fused-ring (bicyclic) bond motifs is 1. The Labute approximate surface area is 103 Å². The average Bonchev–Trinajstić information content (AvgIpc) is 2.82. The number of benzene rings is 1. The van der Waals surface area contributed by atoms with E-state index >= 15 is 0 Å². The molecular weight excluding hydrogens is 270 g/mol. The molecule has 0 aliphatic carbocycles. The summed E-state index contributed by atoms with van der Waals surface area (Å²) < 4.78 is 12.5. The predicted octanol–water partition coefficient (Wildman–Crippen LogP) is 2.64. The molecule has 1 atom stereocenters. The third-order valence-corrected chi connectivity index (χ3v) is 3.79. The molecule has 1 aromatic carbocycles. The van der Waals surface area contributed by atoms with Gasteiger partial charge in [-0.15, -0.1) is 0 Å². The lowest BCUT2D eigenvalue weighted by molar-refractivity contribution is 0.168. The Morgan fingerprint density at radius 1 is 1.25 bits per heavy atom. The summed E-state index contributed by atoms with van der Waals surface area (Å²) in [6.45, 7) is 2.37. The van der Waals surface area contributed by atoms with Gasteiger partial charge in [0.15, 0.2) is 11.5 Å². The lowest BCUT2D eigenvalue weighted by Gasteiger charge is -2.24. The molecule has 16 heavy (non-hydrogen) atoms. The van der Waals surface area contributed by atoms with E-state index in [1.165, 1.54) is 18.4 Å². The van der Waals surface area contributed by atoms with Crippen LogP contribution in [0.2, 0.25) is 0 Å². The number of nitrogens with one attached hydrogen (secondary N) is 1. The van der Waals surface area contributed by atoms with Crippen molar-refractivity contribution in [1.29, 1.82) is 0 Å². The smallest absolute Gasteiger partial charge is 0.167 e. The highest BCUT2D eigenvalue weighted by Gasteiger charge is 2.26. The second-order valence-electron chi connectivity index (χ2n) is 4.13. The first-order valence-electron chi connectivity index (χ1n) is 5.67. The Balaban J connectivity index is 2.06. The molecule has 2 aliphatic rings. The van der Waals surface area contributed by atoms with Gasteiger partial charge in [0, 0.05) is 16.1 Å². The van der Waals surface area contributed by atoms with Crippen molar-refractivity contribution in [1.82, 2.24) is 5.32 Å². The van der Waals surface area contributed by atoms with Crippen molar-refractivity contribution in [3.63, 3.8) is 0 Å². The minimum absolute atomic E-state index is 0.394. The number of hydrogen-bond donors (Lipinski definition) is 1. The van der Waals surface area contributed by atoms with Crippen LogP contribution < -0.4 is 14.8 Å². The highest BCUT2D eigenvalue weighted by Crippen LogP contribution is 2.43. The van der Waals surface area contributed by atoms with Gasteiger partial charge in [0.2, 0.25) is 0 Å². The van der Waals surface area contributed by atoms with E-state index in [2.05, 4.69) is 21.2 Å². The minimum atomic E-state index is 0.394. The van der Waals surface area contributed by atoms with Crippen molar-refractivity contribution in [2.75, 3.05) is 19.8 Å². The van der Waals surface area contributed by atoms with Gasteiger partial charge in [0.25, 0.3) is 0 Å². The van der Waals surface area contributed by atoms with Gasteiger partial charge >= 0.3 is 0 Å². The molecule has 2 heterocycles. The van der Waals surface area contributed by atoms with E-state index in [0.717, 1.165) is 22.5 Å². The lowest BCUT2D eigenvalue weighted by Crippen LogP contribution is -2.20. The average molecular weight is 284 g/mol. The first-order chi connectivity index (χ1) is 7.86. The zero-order valence-corrected chi connectivity index (χ0v) is 10.5. The van der Waals surface area contributed by atoms with Gasteiger partial charge in [-0.1, -0.05) is 15.9 Å². The monoisotopic (exact) mass is 283 g/mol. The molecule has 2 aliphatic heterocycles. The fraction of sp³-hybridized carbons (Fsp3) is 0.500. The van der Waals surface area contributed by atoms with E-state index in [0.29, 0.717) is 19.3 Å². The SMILES string of the molecule is Brc1ccc2c(c1C1CCCN1)OCCO2. The Bertz CT molecular complexity index is 402. The van der Waals surface area contributed by atoms with Crippen molar-refractivity contribution < 1.29 is 9.47 Å². The summed E-state index contributed by atoms with van der Waals surface area (Å²) in [5, 5.41) is 3.50. The Morgan fingerprint density at radius 3 is 2.94 bits per heavy atom. The van der Waals surface area contributed by atoms with Crippen LogP contribution in [0.25, 0.3) is 0 Å². The van der Waals surface area contributed by atoms with Crippen LogP contribution in [-0.4, -0.2) is 19.8 Å². The molecule has 1 saturated heterocycles. The molecule has 1 N–H and O–H groups in total. The number of ether oxygens (including phenoxy) is 2. The van der Waals surface area contributed by atoms with E-state index in [4.69, 9.17) is 9.47 Å². The zero-order chi connectivity index (χ0) is 11.0. The van der Waals surface area contributed by atoms with Gasteiger partial charge in [-0.25, -0.2) is 0 Å². The second-order valence-corrected chi connectivity index (χ2v) is 4.99. The summed E-state index contributed by atoms with van der Waals surface area (Å²) in [6.07, 6.45) is 2.39. The fourth-order valence-electron chi connectivity index (χ4n) is 2.37. The van der Waals surface area contributed by atoms with Gasteiger partial charge in [0.05, 0.1) is 0 Å². The van der Waals surface area contributed by atoms with Crippen LogP contribution in [-0.2, 0) is 0 Å². The molecule has 0 spiro atoms. The number of halogens is 1. The van der Waals surface area contributed by atoms with E-state index in [1.807, 2.05) is 12.1 Å². The third-order valence-electron chi connectivity index (χ3n) is 3.10. The molecule has 4 heteroatoms.